The van der Waals surface area contributed by atoms with E-state index in [-0.39, 0.29) is 24.0 Å². The first kappa shape index (κ1) is 22.6. The lowest BCUT2D eigenvalue weighted by atomic mass is 10.1. The summed E-state index contributed by atoms with van der Waals surface area (Å²) >= 11 is 1.70. The van der Waals surface area contributed by atoms with Crippen LogP contribution in [0.25, 0.3) is 0 Å². The Bertz CT molecular complexity index is 493. The third kappa shape index (κ3) is 9.72. The van der Waals surface area contributed by atoms with Gasteiger partial charge in [0, 0.05) is 51.3 Å². The smallest absolute Gasteiger partial charge is 0.191 e. The molecule has 6 nitrogen and oxygen atoms in total. The molecule has 2 rings (SSSR count). The van der Waals surface area contributed by atoms with E-state index in [1.807, 2.05) is 6.92 Å². The summed E-state index contributed by atoms with van der Waals surface area (Å²) < 4.78 is 11.2. The molecule has 0 saturated carbocycles. The van der Waals surface area contributed by atoms with Crippen LogP contribution in [-0.2, 0) is 15.9 Å². The molecule has 1 aromatic heterocycles. The Labute approximate surface area is 172 Å². The number of aliphatic imine (C=N–C) groups is 1. The third-order valence-electron chi connectivity index (χ3n) is 3.78. The lowest BCUT2D eigenvalue weighted by molar-refractivity contribution is -0.0318. The number of guanidine groups is 1. The lowest BCUT2D eigenvalue weighted by Crippen LogP contribution is -2.38. The van der Waals surface area contributed by atoms with Gasteiger partial charge >= 0.3 is 0 Å². The van der Waals surface area contributed by atoms with Crippen molar-refractivity contribution in [2.24, 2.45) is 4.99 Å². The molecule has 0 aromatic carbocycles. The summed E-state index contributed by atoms with van der Waals surface area (Å²) in [6.45, 7) is 9.02. The van der Waals surface area contributed by atoms with Crippen LogP contribution >= 0.6 is 35.3 Å². The Morgan fingerprint density at radius 3 is 2.88 bits per heavy atom. The maximum atomic E-state index is 5.87. The molecule has 1 fully saturated rings. The van der Waals surface area contributed by atoms with Crippen LogP contribution in [0.2, 0.25) is 0 Å². The van der Waals surface area contributed by atoms with Crippen molar-refractivity contribution >= 4 is 41.3 Å². The molecule has 1 aromatic rings. The summed E-state index contributed by atoms with van der Waals surface area (Å²) in [5, 5.41) is 9.88. The fourth-order valence-corrected chi connectivity index (χ4v) is 3.17. The van der Waals surface area contributed by atoms with Gasteiger partial charge in [-0.05, 0) is 33.1 Å². The molecule has 0 bridgehead atoms. The van der Waals surface area contributed by atoms with Crippen molar-refractivity contribution in [2.75, 3.05) is 39.5 Å². The topological polar surface area (TPSA) is 67.8 Å². The van der Waals surface area contributed by atoms with Crippen LogP contribution in [0, 0.1) is 6.92 Å². The predicted molar refractivity (Wildman–Crippen MR) is 114 cm³/mol. The highest BCUT2D eigenvalue weighted by molar-refractivity contribution is 14.0. The largest absolute Gasteiger partial charge is 0.381 e. The second-order valence-corrected chi connectivity index (χ2v) is 6.89. The van der Waals surface area contributed by atoms with E-state index in [2.05, 4.69) is 32.9 Å². The molecule has 0 amide bonds. The first-order chi connectivity index (χ1) is 11.8. The second-order valence-electron chi connectivity index (χ2n) is 5.83. The molecule has 1 aliphatic heterocycles. The number of aromatic nitrogens is 1. The molecule has 144 valence electrons. The average molecular weight is 482 g/mol. The number of nitrogens with one attached hydrogen (secondary N) is 2. The highest BCUT2D eigenvalue weighted by atomic mass is 127. The van der Waals surface area contributed by atoms with Crippen LogP contribution in [0.1, 0.15) is 36.9 Å². The molecule has 0 atom stereocenters. The monoisotopic (exact) mass is 482 g/mol. The number of ether oxygens (including phenoxy) is 2. The van der Waals surface area contributed by atoms with Gasteiger partial charge in [-0.25, -0.2) is 4.98 Å². The zero-order valence-corrected chi connectivity index (χ0v) is 18.4. The van der Waals surface area contributed by atoms with Gasteiger partial charge in [-0.15, -0.1) is 35.3 Å². The Hall–Kier alpha value is -0.450. The molecular weight excluding hydrogens is 451 g/mol. The highest BCUT2D eigenvalue weighted by Gasteiger charge is 2.13. The van der Waals surface area contributed by atoms with Crippen LogP contribution in [-0.4, -0.2) is 56.5 Å². The Kier molecular flexibility index (Phi) is 12.4. The van der Waals surface area contributed by atoms with Crippen molar-refractivity contribution in [3.8, 4) is 0 Å². The van der Waals surface area contributed by atoms with E-state index in [4.69, 9.17) is 9.47 Å². The van der Waals surface area contributed by atoms with E-state index in [1.54, 1.807) is 11.3 Å². The average Bonchev–Trinajstić information content (AvgIpc) is 3.01. The first-order valence-corrected chi connectivity index (χ1v) is 9.78. The SMILES string of the molecule is CCNC(=NCCCOC1CCOCC1)NCCc1csc(C)n1.I. The standard InChI is InChI=1S/C17H30N4O2S.HI/c1-3-18-17(20-9-5-15-13-24-14(2)21-15)19-8-4-10-23-16-6-11-22-12-7-16;/h13,16H,3-12H2,1-2H3,(H2,18,19,20);1H. The number of thiazole rings is 1. The minimum absolute atomic E-state index is 0. The fourth-order valence-electron chi connectivity index (χ4n) is 2.52. The fraction of sp³-hybridized carbons (Fsp3) is 0.765. The molecule has 0 spiro atoms. The van der Waals surface area contributed by atoms with Gasteiger partial charge in [0.25, 0.3) is 0 Å². The molecule has 25 heavy (non-hydrogen) atoms. The molecule has 0 aliphatic carbocycles. The second kappa shape index (κ2) is 13.7. The van der Waals surface area contributed by atoms with Gasteiger partial charge in [0.15, 0.2) is 5.96 Å². The zero-order valence-electron chi connectivity index (χ0n) is 15.3. The molecule has 2 heterocycles. The van der Waals surface area contributed by atoms with Crippen LogP contribution in [0.15, 0.2) is 10.4 Å². The van der Waals surface area contributed by atoms with E-state index in [9.17, 15) is 0 Å². The lowest BCUT2D eigenvalue weighted by Gasteiger charge is -2.22. The quantitative estimate of drug-likeness (QED) is 0.245. The minimum atomic E-state index is 0. The van der Waals surface area contributed by atoms with Crippen molar-refractivity contribution in [1.29, 1.82) is 0 Å². The summed E-state index contributed by atoms with van der Waals surface area (Å²) in [5.74, 6) is 0.871. The zero-order chi connectivity index (χ0) is 17.0. The van der Waals surface area contributed by atoms with E-state index in [0.29, 0.717) is 6.10 Å². The van der Waals surface area contributed by atoms with Gasteiger partial charge in [0.1, 0.15) is 0 Å². The number of nitrogens with zero attached hydrogens (tertiary/aromatic N) is 2. The number of hydrogen-bond donors (Lipinski definition) is 2. The number of hydrogen-bond acceptors (Lipinski definition) is 5. The van der Waals surface area contributed by atoms with Crippen LogP contribution < -0.4 is 10.6 Å². The van der Waals surface area contributed by atoms with Crippen molar-refractivity contribution in [3.05, 3.63) is 16.1 Å². The van der Waals surface area contributed by atoms with E-state index < -0.39 is 0 Å². The third-order valence-corrected chi connectivity index (χ3v) is 4.60. The van der Waals surface area contributed by atoms with Gasteiger partial charge in [-0.2, -0.15) is 0 Å². The first-order valence-electron chi connectivity index (χ1n) is 8.90. The summed E-state index contributed by atoms with van der Waals surface area (Å²) in [5.41, 5.74) is 1.14. The number of aryl methyl sites for hydroxylation is 1. The van der Waals surface area contributed by atoms with Crippen LogP contribution in [0.3, 0.4) is 0 Å². The molecular formula is C17H31IN4O2S. The Morgan fingerprint density at radius 2 is 2.20 bits per heavy atom. The Balaban J connectivity index is 0.00000312. The van der Waals surface area contributed by atoms with Gasteiger partial charge in [-0.1, -0.05) is 0 Å². The van der Waals surface area contributed by atoms with Gasteiger partial charge in [0.05, 0.1) is 16.8 Å². The highest BCUT2D eigenvalue weighted by Crippen LogP contribution is 2.10. The van der Waals surface area contributed by atoms with Crippen molar-refractivity contribution in [1.82, 2.24) is 15.6 Å². The molecule has 0 unspecified atom stereocenters. The van der Waals surface area contributed by atoms with Crippen molar-refractivity contribution in [2.45, 2.75) is 45.6 Å². The summed E-state index contributed by atoms with van der Waals surface area (Å²) in [6, 6.07) is 0. The molecule has 1 saturated heterocycles. The summed E-state index contributed by atoms with van der Waals surface area (Å²) in [7, 11) is 0. The minimum Gasteiger partial charge on any atom is -0.381 e. The van der Waals surface area contributed by atoms with E-state index in [1.165, 1.54) is 0 Å². The summed E-state index contributed by atoms with van der Waals surface area (Å²) in [6.07, 6.45) is 4.27. The van der Waals surface area contributed by atoms with Crippen molar-refractivity contribution in [3.63, 3.8) is 0 Å². The van der Waals surface area contributed by atoms with Crippen LogP contribution in [0.5, 0.6) is 0 Å². The molecule has 0 radical (unpaired) electrons. The molecule has 8 heteroatoms. The Morgan fingerprint density at radius 1 is 1.40 bits per heavy atom. The maximum Gasteiger partial charge on any atom is 0.191 e. The van der Waals surface area contributed by atoms with E-state index >= 15 is 0 Å². The van der Waals surface area contributed by atoms with Gasteiger partial charge in [-0.3, -0.25) is 4.99 Å². The molecule has 2 N–H and O–H groups in total. The van der Waals surface area contributed by atoms with Gasteiger partial charge < -0.3 is 20.1 Å². The summed E-state index contributed by atoms with van der Waals surface area (Å²) in [4.78, 5) is 9.08. The predicted octanol–water partition coefficient (Wildman–Crippen LogP) is 2.75. The van der Waals surface area contributed by atoms with Crippen molar-refractivity contribution < 1.29 is 9.47 Å². The van der Waals surface area contributed by atoms with E-state index in [0.717, 1.165) is 81.8 Å². The van der Waals surface area contributed by atoms with Gasteiger partial charge in [0.2, 0.25) is 0 Å². The number of halogens is 1. The normalized spacial score (nSPS) is 15.7. The number of rotatable bonds is 9. The van der Waals surface area contributed by atoms with Crippen LogP contribution in [0.4, 0.5) is 0 Å². The maximum absolute atomic E-state index is 5.87. The molecule has 1 aliphatic rings.